The molecular weight excluding hydrogens is 388 g/mol. The number of carbonyl (C=O) groups is 2. The van der Waals surface area contributed by atoms with Crippen molar-refractivity contribution >= 4 is 23.2 Å². The molecule has 2 N–H and O–H groups in total. The molecule has 4 rings (SSSR count). The predicted molar refractivity (Wildman–Crippen MR) is 110 cm³/mol. The minimum atomic E-state index is -0.225. The molecule has 1 aliphatic rings. The summed E-state index contributed by atoms with van der Waals surface area (Å²) in [5.74, 6) is -0.171. The zero-order valence-corrected chi connectivity index (χ0v) is 16.6. The maximum absolute atomic E-state index is 12.9. The summed E-state index contributed by atoms with van der Waals surface area (Å²) in [4.78, 5) is 28.3. The molecule has 0 unspecified atom stereocenters. The average Bonchev–Trinajstić information content (AvgIpc) is 3.39. The van der Waals surface area contributed by atoms with E-state index in [1.54, 1.807) is 34.6 Å². The highest BCUT2D eigenvalue weighted by Crippen LogP contribution is 2.25. The van der Waals surface area contributed by atoms with Gasteiger partial charge in [0.25, 0.3) is 5.91 Å². The van der Waals surface area contributed by atoms with Crippen molar-refractivity contribution in [1.82, 2.24) is 20.0 Å². The Morgan fingerprint density at radius 1 is 1.24 bits per heavy atom. The molecule has 2 amide bonds. The fourth-order valence-corrected chi connectivity index (χ4v) is 4.29. The lowest BCUT2D eigenvalue weighted by atomic mass is 10.1. The van der Waals surface area contributed by atoms with E-state index in [-0.39, 0.29) is 30.0 Å². The van der Waals surface area contributed by atoms with Crippen molar-refractivity contribution in [2.45, 2.75) is 25.4 Å². The zero-order chi connectivity index (χ0) is 20.2. The second-order valence-corrected chi connectivity index (χ2v) is 8.07. The average molecular weight is 410 g/mol. The number of hydrogen-bond acceptors (Lipinski definition) is 5. The molecule has 1 aliphatic heterocycles. The lowest BCUT2D eigenvalue weighted by molar-refractivity contribution is -0.122. The van der Waals surface area contributed by atoms with Crippen LogP contribution in [0.15, 0.2) is 54.0 Å². The van der Waals surface area contributed by atoms with E-state index in [4.69, 9.17) is 0 Å². The van der Waals surface area contributed by atoms with Gasteiger partial charge in [-0.2, -0.15) is 5.10 Å². The van der Waals surface area contributed by atoms with Crippen LogP contribution < -0.4 is 5.32 Å². The smallest absolute Gasteiger partial charge is 0.254 e. The van der Waals surface area contributed by atoms with Gasteiger partial charge in [0.1, 0.15) is 5.75 Å². The van der Waals surface area contributed by atoms with E-state index in [1.165, 1.54) is 17.0 Å². The van der Waals surface area contributed by atoms with Crippen LogP contribution in [0.1, 0.15) is 33.4 Å². The highest BCUT2D eigenvalue weighted by Gasteiger charge is 2.30. The highest BCUT2D eigenvalue weighted by atomic mass is 32.1. The van der Waals surface area contributed by atoms with Crippen molar-refractivity contribution in [1.29, 1.82) is 0 Å². The number of nitrogens with zero attached hydrogens (tertiary/aromatic N) is 3. The number of amides is 2. The molecule has 150 valence electrons. The maximum atomic E-state index is 12.9. The number of aromatic nitrogens is 2. The van der Waals surface area contributed by atoms with Gasteiger partial charge < -0.3 is 15.3 Å². The molecular formula is C21H22N4O3S. The van der Waals surface area contributed by atoms with Gasteiger partial charge in [-0.05, 0) is 42.1 Å². The Bertz CT molecular complexity index is 999. The molecule has 7 nitrogen and oxygen atoms in total. The third kappa shape index (κ3) is 4.48. The maximum Gasteiger partial charge on any atom is 0.254 e. The zero-order valence-electron chi connectivity index (χ0n) is 15.8. The lowest BCUT2D eigenvalue weighted by Gasteiger charge is -2.33. The molecule has 29 heavy (non-hydrogen) atoms. The largest absolute Gasteiger partial charge is 0.508 e. The van der Waals surface area contributed by atoms with Crippen molar-refractivity contribution in [2.75, 3.05) is 13.1 Å². The Hall–Kier alpha value is -3.13. The Kier molecular flexibility index (Phi) is 5.62. The van der Waals surface area contributed by atoms with Crippen LogP contribution in [0.5, 0.6) is 5.75 Å². The molecule has 0 saturated carbocycles. The highest BCUT2D eigenvalue weighted by molar-refractivity contribution is 7.09. The molecule has 0 spiro atoms. The first-order valence-corrected chi connectivity index (χ1v) is 10.4. The van der Waals surface area contributed by atoms with Crippen LogP contribution in [0.3, 0.4) is 0 Å². The molecule has 0 saturated heterocycles. The lowest BCUT2D eigenvalue weighted by Crippen LogP contribution is -2.43. The van der Waals surface area contributed by atoms with Crippen LogP contribution in [0.2, 0.25) is 0 Å². The summed E-state index contributed by atoms with van der Waals surface area (Å²) in [6.45, 7) is 1.40. The molecule has 0 radical (unpaired) electrons. The van der Waals surface area contributed by atoms with Gasteiger partial charge in [0.05, 0.1) is 24.7 Å². The fourth-order valence-electron chi connectivity index (χ4n) is 3.58. The van der Waals surface area contributed by atoms with Crippen molar-refractivity contribution in [3.63, 3.8) is 0 Å². The van der Waals surface area contributed by atoms with E-state index in [0.717, 1.165) is 12.1 Å². The van der Waals surface area contributed by atoms with Crippen LogP contribution in [0.4, 0.5) is 0 Å². The van der Waals surface area contributed by atoms with Gasteiger partial charge in [-0.3, -0.25) is 14.3 Å². The van der Waals surface area contributed by atoms with E-state index < -0.39 is 0 Å². The van der Waals surface area contributed by atoms with E-state index in [1.807, 2.05) is 22.2 Å². The summed E-state index contributed by atoms with van der Waals surface area (Å²) >= 11 is 1.68. The number of carbonyl (C=O) groups excluding carboxylic acids is 2. The molecule has 0 fully saturated rings. The van der Waals surface area contributed by atoms with Crippen LogP contribution in [0.25, 0.3) is 0 Å². The molecule has 0 aliphatic carbocycles. The summed E-state index contributed by atoms with van der Waals surface area (Å²) in [5.41, 5.74) is 1.32. The monoisotopic (exact) mass is 410 g/mol. The van der Waals surface area contributed by atoms with Gasteiger partial charge in [0.15, 0.2) is 0 Å². The fraction of sp³-hybridized carbons (Fsp3) is 0.286. The number of rotatable bonds is 6. The van der Waals surface area contributed by atoms with Gasteiger partial charge in [0.2, 0.25) is 5.91 Å². The van der Waals surface area contributed by atoms with Crippen molar-refractivity contribution in [3.05, 3.63) is 70.2 Å². The Balaban J connectivity index is 1.41. The van der Waals surface area contributed by atoms with Gasteiger partial charge in [-0.1, -0.05) is 12.1 Å². The standard InChI is InChI=1S/C21H22N4O3S/c26-18-4-1-3-15(11-18)21(28)24-13-16-6-9-23-25(16)17(14-24)12-20(27)22-8-7-19-5-2-10-29-19/h1-6,9-11,17,26H,7-8,12-14H2,(H,22,27)/t17-/m0/s1. The van der Waals surface area contributed by atoms with Gasteiger partial charge >= 0.3 is 0 Å². The minimum Gasteiger partial charge on any atom is -0.508 e. The SMILES string of the molecule is O=C(C[C@H]1CN(C(=O)c2cccc(O)c2)Cc2ccnn21)NCCc1cccs1. The first-order valence-electron chi connectivity index (χ1n) is 9.50. The summed E-state index contributed by atoms with van der Waals surface area (Å²) in [6, 6.07) is 12.0. The normalized spacial score (nSPS) is 15.7. The first kappa shape index (κ1) is 19.2. The first-order chi connectivity index (χ1) is 14.1. The number of thiophene rings is 1. The summed E-state index contributed by atoms with van der Waals surface area (Å²) in [6.07, 6.45) is 2.76. The Morgan fingerprint density at radius 2 is 2.14 bits per heavy atom. The van der Waals surface area contributed by atoms with Gasteiger partial charge in [-0.15, -0.1) is 11.3 Å². The van der Waals surface area contributed by atoms with E-state index >= 15 is 0 Å². The van der Waals surface area contributed by atoms with E-state index in [0.29, 0.717) is 25.2 Å². The summed E-state index contributed by atoms with van der Waals surface area (Å²) < 4.78 is 1.84. The van der Waals surface area contributed by atoms with Gasteiger partial charge in [-0.25, -0.2) is 0 Å². The third-order valence-corrected chi connectivity index (χ3v) is 5.89. The molecule has 2 aromatic heterocycles. The van der Waals surface area contributed by atoms with Gasteiger partial charge in [0, 0.05) is 29.7 Å². The Morgan fingerprint density at radius 3 is 2.93 bits per heavy atom. The van der Waals surface area contributed by atoms with E-state index in [2.05, 4.69) is 16.5 Å². The number of aromatic hydroxyl groups is 1. The van der Waals surface area contributed by atoms with E-state index in [9.17, 15) is 14.7 Å². The summed E-state index contributed by atoms with van der Waals surface area (Å²) in [5, 5.41) is 19.0. The molecule has 1 aromatic carbocycles. The minimum absolute atomic E-state index is 0.0552. The molecule has 3 heterocycles. The molecule has 0 bridgehead atoms. The number of nitrogens with one attached hydrogen (secondary N) is 1. The van der Waals surface area contributed by atoms with Crippen molar-refractivity contribution in [3.8, 4) is 5.75 Å². The quantitative estimate of drug-likeness (QED) is 0.654. The number of phenolic OH excluding ortho intramolecular Hbond substituents is 1. The summed E-state index contributed by atoms with van der Waals surface area (Å²) in [7, 11) is 0. The molecule has 1 atom stereocenters. The number of benzene rings is 1. The number of fused-ring (bicyclic) bond motifs is 1. The van der Waals surface area contributed by atoms with Crippen molar-refractivity contribution in [2.24, 2.45) is 0 Å². The second-order valence-electron chi connectivity index (χ2n) is 7.04. The third-order valence-electron chi connectivity index (χ3n) is 4.96. The number of phenols is 1. The Labute approximate surface area is 172 Å². The van der Waals surface area contributed by atoms with Crippen LogP contribution in [-0.4, -0.2) is 44.7 Å². The van der Waals surface area contributed by atoms with Crippen molar-refractivity contribution < 1.29 is 14.7 Å². The molecule has 8 heteroatoms. The van der Waals surface area contributed by atoms with Crippen LogP contribution in [-0.2, 0) is 17.8 Å². The predicted octanol–water partition coefficient (Wildman–Crippen LogP) is 2.60. The van der Waals surface area contributed by atoms with Crippen LogP contribution in [0, 0.1) is 0 Å². The number of hydrogen-bond donors (Lipinski definition) is 2. The second kappa shape index (κ2) is 8.48. The molecule has 3 aromatic rings. The van der Waals surface area contributed by atoms with Crippen LogP contribution >= 0.6 is 11.3 Å². The topological polar surface area (TPSA) is 87.5 Å².